The molecule has 0 atom stereocenters. The number of azo groups is 1. The molecule has 19 heavy (non-hydrogen) atoms. The molecule has 0 fully saturated rings. The summed E-state index contributed by atoms with van der Waals surface area (Å²) in [6.45, 7) is 13.6. The third kappa shape index (κ3) is 1.40. The number of hydrogen-bond acceptors (Lipinski definition) is 3. The molecule has 0 saturated carbocycles. The summed E-state index contributed by atoms with van der Waals surface area (Å²) in [4.78, 5) is -0.330. The maximum absolute atomic E-state index is 4.83. The second kappa shape index (κ2) is 3.43. The average molecular weight is 274 g/mol. The number of hydrogen-bond donors (Lipinski definition) is 0. The Morgan fingerprint density at radius 2 is 1.26 bits per heavy atom. The maximum atomic E-state index is 4.83. The van der Waals surface area contributed by atoms with Gasteiger partial charge in [-0.05, 0) is 25.0 Å². The van der Waals surface area contributed by atoms with Crippen LogP contribution in [-0.2, 0) is 10.8 Å². The van der Waals surface area contributed by atoms with Crippen molar-refractivity contribution in [2.75, 3.05) is 0 Å². The van der Waals surface area contributed by atoms with E-state index in [4.69, 9.17) is 5.11 Å². The lowest BCUT2D eigenvalue weighted by atomic mass is 9.75. The van der Waals surface area contributed by atoms with E-state index in [1.165, 1.54) is 11.1 Å². The van der Waals surface area contributed by atoms with E-state index in [1.54, 1.807) is 0 Å². The summed E-state index contributed by atoms with van der Waals surface area (Å²) in [6, 6.07) is 8.79. The molecule has 1 aromatic rings. The van der Waals surface area contributed by atoms with Crippen LogP contribution in [0.2, 0.25) is 0 Å². The van der Waals surface area contributed by atoms with Crippen molar-refractivity contribution < 1.29 is 0 Å². The van der Waals surface area contributed by atoms with Gasteiger partial charge in [-0.15, -0.1) is 0 Å². The molecular formula is C16H22N2S. The molecule has 3 heteroatoms. The molecule has 0 N–H and O–H groups in total. The van der Waals surface area contributed by atoms with Crippen LogP contribution < -0.4 is 0 Å². The van der Waals surface area contributed by atoms with Gasteiger partial charge in [-0.2, -0.15) is 10.2 Å². The fourth-order valence-corrected chi connectivity index (χ4v) is 5.43. The van der Waals surface area contributed by atoms with Gasteiger partial charge < -0.3 is 0 Å². The summed E-state index contributed by atoms with van der Waals surface area (Å²) in [5, 5.41) is 9.39. The zero-order valence-electron chi connectivity index (χ0n) is 12.6. The highest BCUT2D eigenvalue weighted by Gasteiger charge is 2.67. The Bertz CT molecular complexity index is 535. The normalized spacial score (nSPS) is 27.7. The third-order valence-corrected chi connectivity index (χ3v) is 6.78. The molecule has 2 aliphatic rings. The fraction of sp³-hybridized carbons (Fsp3) is 0.625. The summed E-state index contributed by atoms with van der Waals surface area (Å²) < 4.78 is 0. The molecule has 0 unspecified atom stereocenters. The average Bonchev–Trinajstić information content (AvgIpc) is 2.72. The highest BCUT2D eigenvalue weighted by Crippen LogP contribution is 2.68. The minimum absolute atomic E-state index is 0.00493. The third-order valence-electron chi connectivity index (χ3n) is 4.80. The molecule has 0 bridgehead atoms. The summed E-state index contributed by atoms with van der Waals surface area (Å²) in [7, 11) is 0. The van der Waals surface area contributed by atoms with Crippen molar-refractivity contribution in [3.8, 4) is 0 Å². The Labute approximate surface area is 120 Å². The first kappa shape index (κ1) is 13.2. The summed E-state index contributed by atoms with van der Waals surface area (Å²) in [5.74, 6) is 0. The Hall–Kier alpha value is -0.830. The van der Waals surface area contributed by atoms with Crippen molar-refractivity contribution in [2.24, 2.45) is 10.2 Å². The van der Waals surface area contributed by atoms with Crippen molar-refractivity contribution in [1.82, 2.24) is 0 Å². The molecule has 1 aliphatic carbocycles. The molecule has 2 nitrogen and oxygen atoms in total. The fourth-order valence-electron chi connectivity index (χ4n) is 3.82. The maximum Gasteiger partial charge on any atom is 0.147 e. The second-order valence-corrected chi connectivity index (χ2v) is 8.98. The van der Waals surface area contributed by atoms with Crippen molar-refractivity contribution >= 4 is 11.8 Å². The van der Waals surface area contributed by atoms with Crippen LogP contribution in [0.3, 0.4) is 0 Å². The Morgan fingerprint density at radius 3 is 1.63 bits per heavy atom. The molecule has 1 heterocycles. The predicted octanol–water partition coefficient (Wildman–Crippen LogP) is 4.89. The summed E-state index contributed by atoms with van der Waals surface area (Å²) in [6.07, 6.45) is 0. The highest BCUT2D eigenvalue weighted by molar-refractivity contribution is 8.02. The van der Waals surface area contributed by atoms with Crippen LogP contribution in [0.5, 0.6) is 0 Å². The van der Waals surface area contributed by atoms with Crippen LogP contribution >= 0.6 is 11.8 Å². The topological polar surface area (TPSA) is 24.7 Å². The lowest BCUT2D eigenvalue weighted by molar-refractivity contribution is 0.289. The largest absolute Gasteiger partial charge is 0.175 e. The van der Waals surface area contributed by atoms with E-state index >= 15 is 0 Å². The molecule has 0 aromatic heterocycles. The second-order valence-electron chi connectivity index (χ2n) is 7.19. The van der Waals surface area contributed by atoms with Gasteiger partial charge in [-0.1, -0.05) is 63.7 Å². The molecule has 3 rings (SSSR count). The van der Waals surface area contributed by atoms with Gasteiger partial charge in [-0.3, -0.25) is 0 Å². The number of fused-ring (bicyclic) bond motifs is 1. The van der Waals surface area contributed by atoms with Crippen LogP contribution in [0.25, 0.3) is 0 Å². The van der Waals surface area contributed by atoms with E-state index in [0.717, 1.165) is 0 Å². The first-order chi connectivity index (χ1) is 8.64. The standard InChI is InChI=1S/C16H22N2S/c1-13(2)11-9-7-8-10-12(11)14(3,4)16(13)18-17-15(5,6)19-16/h7-10H,1-6H3. The van der Waals surface area contributed by atoms with Crippen molar-refractivity contribution in [3.05, 3.63) is 35.4 Å². The number of rotatable bonds is 0. The molecule has 0 radical (unpaired) electrons. The molecule has 1 aliphatic heterocycles. The van der Waals surface area contributed by atoms with Gasteiger partial charge in [0.25, 0.3) is 0 Å². The lowest BCUT2D eigenvalue weighted by Crippen LogP contribution is -2.49. The summed E-state index contributed by atoms with van der Waals surface area (Å²) in [5.41, 5.74) is 2.83. The quantitative estimate of drug-likeness (QED) is 0.661. The van der Waals surface area contributed by atoms with Gasteiger partial charge in [0, 0.05) is 10.8 Å². The number of benzene rings is 1. The molecule has 1 spiro atoms. The van der Waals surface area contributed by atoms with Crippen LogP contribution in [0.4, 0.5) is 0 Å². The zero-order chi connectivity index (χ0) is 14.1. The minimum atomic E-state index is -0.201. The van der Waals surface area contributed by atoms with Crippen LogP contribution in [-0.4, -0.2) is 9.74 Å². The molecule has 102 valence electrons. The smallest absolute Gasteiger partial charge is 0.147 e. The van der Waals surface area contributed by atoms with Crippen LogP contribution in [0, 0.1) is 0 Å². The van der Waals surface area contributed by atoms with E-state index in [9.17, 15) is 0 Å². The minimum Gasteiger partial charge on any atom is -0.175 e. The first-order valence-electron chi connectivity index (χ1n) is 6.88. The Balaban J connectivity index is 2.28. The van der Waals surface area contributed by atoms with Gasteiger partial charge in [0.05, 0.1) is 0 Å². The summed E-state index contributed by atoms with van der Waals surface area (Å²) >= 11 is 1.91. The molecular weight excluding hydrogens is 252 g/mol. The highest BCUT2D eigenvalue weighted by atomic mass is 32.2. The van der Waals surface area contributed by atoms with Gasteiger partial charge in [0.15, 0.2) is 0 Å². The van der Waals surface area contributed by atoms with Crippen LogP contribution in [0.15, 0.2) is 34.5 Å². The Morgan fingerprint density at radius 1 is 0.789 bits per heavy atom. The van der Waals surface area contributed by atoms with E-state index in [-0.39, 0.29) is 20.6 Å². The molecule has 0 amide bonds. The van der Waals surface area contributed by atoms with Gasteiger partial charge in [-0.25, -0.2) is 0 Å². The lowest BCUT2D eigenvalue weighted by Gasteiger charge is -2.43. The van der Waals surface area contributed by atoms with Crippen LogP contribution in [0.1, 0.15) is 52.7 Å². The van der Waals surface area contributed by atoms with Gasteiger partial charge >= 0.3 is 0 Å². The monoisotopic (exact) mass is 274 g/mol. The number of thioether (sulfide) groups is 1. The predicted molar refractivity (Wildman–Crippen MR) is 81.8 cm³/mol. The van der Waals surface area contributed by atoms with E-state index in [1.807, 2.05) is 11.8 Å². The van der Waals surface area contributed by atoms with Crippen molar-refractivity contribution in [2.45, 2.75) is 62.1 Å². The SMILES string of the molecule is CC1(C)N=NC2(S1)C(C)(C)c1ccccc1C2(C)C. The van der Waals surface area contributed by atoms with Gasteiger partial charge in [0.1, 0.15) is 9.74 Å². The zero-order valence-corrected chi connectivity index (χ0v) is 13.4. The first-order valence-corrected chi connectivity index (χ1v) is 7.70. The molecule has 1 aromatic carbocycles. The number of nitrogens with zero attached hydrogens (tertiary/aromatic N) is 2. The van der Waals surface area contributed by atoms with Crippen molar-refractivity contribution in [1.29, 1.82) is 0 Å². The molecule has 0 saturated heterocycles. The van der Waals surface area contributed by atoms with E-state index in [0.29, 0.717) is 0 Å². The van der Waals surface area contributed by atoms with Crippen molar-refractivity contribution in [3.63, 3.8) is 0 Å². The van der Waals surface area contributed by atoms with E-state index in [2.05, 4.69) is 70.9 Å². The van der Waals surface area contributed by atoms with Gasteiger partial charge in [0.2, 0.25) is 0 Å². The Kier molecular flexibility index (Phi) is 2.38. The van der Waals surface area contributed by atoms with E-state index < -0.39 is 0 Å².